The maximum Gasteiger partial charge on any atom is 0.244 e. The van der Waals surface area contributed by atoms with E-state index in [1.54, 1.807) is 0 Å². The highest BCUT2D eigenvalue weighted by Crippen LogP contribution is 2.03. The molecule has 0 N–H and O–H groups in total. The Morgan fingerprint density at radius 3 is 2.33 bits per heavy atom. The first-order valence-corrected chi connectivity index (χ1v) is 4.43. The molecule has 0 aliphatic carbocycles. The van der Waals surface area contributed by atoms with E-state index in [1.165, 1.54) is 41.7 Å². The normalized spacial score (nSPS) is 14.5. The van der Waals surface area contributed by atoms with Crippen LogP contribution in [0.25, 0.3) is 0 Å². The van der Waals surface area contributed by atoms with Crippen molar-refractivity contribution < 1.29 is 24.4 Å². The lowest BCUT2D eigenvalue weighted by molar-refractivity contribution is -0.712. The largest absolute Gasteiger partial charge is 0.546 e. The van der Waals surface area contributed by atoms with E-state index in [-0.39, 0.29) is 0 Å². The third-order valence-corrected chi connectivity index (χ3v) is 2.25. The van der Waals surface area contributed by atoms with E-state index in [4.69, 9.17) is 0 Å². The van der Waals surface area contributed by atoms with Crippen LogP contribution in [0.5, 0.6) is 0 Å². The van der Waals surface area contributed by atoms with Crippen LogP contribution >= 0.6 is 0 Å². The van der Waals surface area contributed by atoms with Crippen molar-refractivity contribution in [3.63, 3.8) is 0 Å². The molecule has 82 valence electrons. The van der Waals surface area contributed by atoms with Gasteiger partial charge in [0.15, 0.2) is 0 Å². The molecular weight excluding hydrogens is 200 g/mol. The highest BCUT2D eigenvalue weighted by molar-refractivity contribution is 5.69. The average Bonchev–Trinajstić information content (AvgIpc) is 2.63. The zero-order chi connectivity index (χ0) is 11.6. The molecule has 0 saturated heterocycles. The molecule has 6 heteroatoms. The third kappa shape index (κ3) is 2.34. The Labute approximate surface area is 86.4 Å². The Balaban J connectivity index is 2.89. The molecule has 0 amide bonds. The summed E-state index contributed by atoms with van der Waals surface area (Å²) in [7, 11) is 0. The summed E-state index contributed by atoms with van der Waals surface area (Å²) >= 11 is 0. The molecule has 1 heterocycles. The van der Waals surface area contributed by atoms with Crippen molar-refractivity contribution in [3.05, 3.63) is 18.7 Å². The van der Waals surface area contributed by atoms with Gasteiger partial charge in [0.1, 0.15) is 24.5 Å². The van der Waals surface area contributed by atoms with Gasteiger partial charge in [0.05, 0.1) is 11.9 Å². The number of carbonyl (C=O) groups is 2. The van der Waals surface area contributed by atoms with Gasteiger partial charge in [0.25, 0.3) is 0 Å². The van der Waals surface area contributed by atoms with Crippen LogP contribution in [0.1, 0.15) is 25.9 Å². The first-order valence-electron chi connectivity index (χ1n) is 4.43. The lowest BCUT2D eigenvalue weighted by Crippen LogP contribution is -2.46. The Hall–Kier alpha value is -1.85. The molecule has 1 aromatic heterocycles. The minimum absolute atomic E-state index is 0.833. The number of nitrogens with zero attached hydrogens (tertiary/aromatic N) is 2. The molecule has 1 rings (SSSR count). The van der Waals surface area contributed by atoms with Crippen molar-refractivity contribution in [2.75, 3.05) is 0 Å². The van der Waals surface area contributed by atoms with Gasteiger partial charge >= 0.3 is 0 Å². The van der Waals surface area contributed by atoms with E-state index < -0.39 is 24.0 Å². The van der Waals surface area contributed by atoms with Gasteiger partial charge in [0, 0.05) is 0 Å². The van der Waals surface area contributed by atoms with Crippen LogP contribution in [0.2, 0.25) is 0 Å². The second-order valence-corrected chi connectivity index (χ2v) is 3.30. The quantitative estimate of drug-likeness (QED) is 0.511. The first-order chi connectivity index (χ1) is 6.93. The van der Waals surface area contributed by atoms with Gasteiger partial charge in [-0.15, -0.1) is 0 Å². The minimum atomic E-state index is -1.22. The summed E-state index contributed by atoms with van der Waals surface area (Å²) in [5, 5.41) is 21.1. The smallest absolute Gasteiger partial charge is 0.244 e. The van der Waals surface area contributed by atoms with Gasteiger partial charge in [-0.05, 0) is 13.8 Å². The van der Waals surface area contributed by atoms with Crippen molar-refractivity contribution in [2.24, 2.45) is 0 Å². The van der Waals surface area contributed by atoms with Gasteiger partial charge in [-0.25, -0.2) is 9.13 Å². The Morgan fingerprint density at radius 2 is 1.87 bits per heavy atom. The fraction of sp³-hybridized carbons (Fsp3) is 0.444. The van der Waals surface area contributed by atoms with Crippen LogP contribution in [0.3, 0.4) is 0 Å². The molecule has 0 fully saturated rings. The number of hydrogen-bond acceptors (Lipinski definition) is 4. The zero-order valence-corrected chi connectivity index (χ0v) is 8.41. The van der Waals surface area contributed by atoms with Crippen LogP contribution in [-0.2, 0) is 9.59 Å². The standard InChI is InChI=1S/C9H12N2O4/c1-6(8(12)13)10-3-4-11(5-10)7(2)9(14)15/h3-7H,1-2H3,(H-,12,13,14,15)/p-1/t6-,7+. The van der Waals surface area contributed by atoms with Crippen LogP contribution in [0, 0.1) is 0 Å². The molecule has 15 heavy (non-hydrogen) atoms. The molecular formula is C9H11N2O4-. The number of carbonyl (C=O) groups excluding carboxylic acids is 2. The van der Waals surface area contributed by atoms with Gasteiger partial charge in [-0.3, -0.25) is 0 Å². The third-order valence-electron chi connectivity index (χ3n) is 2.25. The van der Waals surface area contributed by atoms with Gasteiger partial charge < -0.3 is 19.8 Å². The van der Waals surface area contributed by atoms with Gasteiger partial charge in [-0.2, -0.15) is 0 Å². The first kappa shape index (κ1) is 11.2. The lowest BCUT2D eigenvalue weighted by Gasteiger charge is -2.09. The monoisotopic (exact) mass is 211 g/mol. The Bertz CT molecular complexity index is 351. The molecule has 0 radical (unpaired) electrons. The average molecular weight is 211 g/mol. The second kappa shape index (κ2) is 4.12. The van der Waals surface area contributed by atoms with Crippen LogP contribution in [0.15, 0.2) is 18.7 Å². The number of carboxylic acids is 2. The van der Waals surface area contributed by atoms with Crippen LogP contribution in [0.4, 0.5) is 0 Å². The molecule has 0 aliphatic rings. The molecule has 2 atom stereocenters. The van der Waals surface area contributed by atoms with E-state index in [0.29, 0.717) is 0 Å². The predicted octanol–water partition coefficient (Wildman–Crippen LogP) is -2.60. The summed E-state index contributed by atoms with van der Waals surface area (Å²) in [6.07, 6.45) is 4.33. The molecule has 0 bridgehead atoms. The van der Waals surface area contributed by atoms with Crippen molar-refractivity contribution in [2.45, 2.75) is 25.9 Å². The molecule has 6 nitrogen and oxygen atoms in total. The van der Waals surface area contributed by atoms with E-state index in [2.05, 4.69) is 0 Å². The highest BCUT2D eigenvalue weighted by atomic mass is 16.4. The van der Waals surface area contributed by atoms with Crippen molar-refractivity contribution >= 4 is 11.9 Å². The fourth-order valence-electron chi connectivity index (χ4n) is 1.09. The second-order valence-electron chi connectivity index (χ2n) is 3.30. The zero-order valence-electron chi connectivity index (χ0n) is 8.41. The van der Waals surface area contributed by atoms with E-state index in [0.717, 1.165) is 0 Å². The number of aliphatic carboxylic acids is 2. The molecule has 0 saturated carbocycles. The molecule has 0 aliphatic heterocycles. The van der Waals surface area contributed by atoms with Crippen LogP contribution in [-0.4, -0.2) is 16.5 Å². The summed E-state index contributed by atoms with van der Waals surface area (Å²) in [6.45, 7) is 2.90. The molecule has 0 unspecified atom stereocenters. The maximum absolute atomic E-state index is 10.5. The minimum Gasteiger partial charge on any atom is -0.546 e. The van der Waals surface area contributed by atoms with E-state index in [1.807, 2.05) is 0 Å². The summed E-state index contributed by atoms with van der Waals surface area (Å²) in [4.78, 5) is 21.1. The van der Waals surface area contributed by atoms with E-state index in [9.17, 15) is 19.8 Å². The molecule has 0 spiro atoms. The van der Waals surface area contributed by atoms with Gasteiger partial charge in [0.2, 0.25) is 6.33 Å². The highest BCUT2D eigenvalue weighted by Gasteiger charge is 2.16. The van der Waals surface area contributed by atoms with Crippen molar-refractivity contribution in [3.8, 4) is 0 Å². The Morgan fingerprint density at radius 1 is 1.27 bits per heavy atom. The lowest BCUT2D eigenvalue weighted by atomic mass is 10.3. The topological polar surface area (TPSA) is 89.1 Å². The number of imidazole rings is 1. The maximum atomic E-state index is 10.5. The summed E-state index contributed by atoms with van der Waals surface area (Å²) in [5.74, 6) is -2.45. The summed E-state index contributed by atoms with van der Waals surface area (Å²) in [6, 6.07) is -1.67. The number of aromatic nitrogens is 2. The van der Waals surface area contributed by atoms with Crippen molar-refractivity contribution in [1.82, 2.24) is 4.57 Å². The summed E-state index contributed by atoms with van der Waals surface area (Å²) in [5.41, 5.74) is 0. The predicted molar refractivity (Wildman–Crippen MR) is 44.1 cm³/mol. The number of rotatable bonds is 4. The van der Waals surface area contributed by atoms with E-state index >= 15 is 0 Å². The SMILES string of the molecule is C[C@H](C(=O)[O-])n1cc[n+]([C@@H](C)C(=O)[O-])c1. The van der Waals surface area contributed by atoms with Gasteiger partial charge in [-0.1, -0.05) is 0 Å². The Kier molecular flexibility index (Phi) is 3.08. The fourth-order valence-corrected chi connectivity index (χ4v) is 1.09. The van der Waals surface area contributed by atoms with Crippen LogP contribution < -0.4 is 14.8 Å². The number of hydrogen-bond donors (Lipinski definition) is 0. The number of carboxylic acid groups (broad SMARTS) is 2. The van der Waals surface area contributed by atoms with Crippen molar-refractivity contribution in [1.29, 1.82) is 0 Å². The molecule has 1 aromatic rings. The summed E-state index contributed by atoms with van der Waals surface area (Å²) < 4.78 is 2.71. The molecule has 0 aromatic carbocycles.